The van der Waals surface area contributed by atoms with Gasteiger partial charge in [0.2, 0.25) is 0 Å². The first-order valence-electron chi connectivity index (χ1n) is 4.93. The van der Waals surface area contributed by atoms with E-state index in [1.807, 2.05) is 0 Å². The summed E-state index contributed by atoms with van der Waals surface area (Å²) in [6, 6.07) is 4.96. The zero-order chi connectivity index (χ0) is 13.2. The normalized spacial score (nSPS) is 12.2. The molecule has 0 aliphatic heterocycles. The first-order valence-corrected chi connectivity index (χ1v) is 5.92. The number of nitrogen functional groups attached to an aromatic ring is 1. The Bertz CT molecular complexity index is 541. The molecule has 2 N–H and O–H groups in total. The molecule has 1 aromatic carbocycles. The number of halogens is 3. The molecule has 18 heavy (non-hydrogen) atoms. The zero-order valence-electron chi connectivity index (χ0n) is 9.03. The highest BCUT2D eigenvalue weighted by Crippen LogP contribution is 2.25. The Balaban J connectivity index is 1.92. The van der Waals surface area contributed by atoms with Crippen LogP contribution >= 0.6 is 11.8 Å². The van der Waals surface area contributed by atoms with Crippen LogP contribution in [0.15, 0.2) is 27.8 Å². The Hall–Kier alpha value is -1.41. The summed E-state index contributed by atoms with van der Waals surface area (Å²) in [5, 5.41) is 0.293. The first-order chi connectivity index (χ1) is 8.44. The minimum atomic E-state index is -4.60. The van der Waals surface area contributed by atoms with E-state index in [4.69, 9.17) is 10.2 Å². The lowest BCUT2D eigenvalue weighted by atomic mass is 10.3. The van der Waals surface area contributed by atoms with Crippen molar-refractivity contribution in [2.45, 2.75) is 11.6 Å². The molecular weight excluding hydrogens is 269 g/mol. The van der Waals surface area contributed by atoms with Gasteiger partial charge in [0.15, 0.2) is 5.58 Å². The van der Waals surface area contributed by atoms with Crippen LogP contribution in [0, 0.1) is 0 Å². The lowest BCUT2D eigenvalue weighted by Crippen LogP contribution is -2.15. The molecule has 0 amide bonds. The van der Waals surface area contributed by atoms with Crippen molar-refractivity contribution in [1.29, 1.82) is 0 Å². The molecule has 0 fully saturated rings. The van der Waals surface area contributed by atoms with Gasteiger partial charge in [0, 0.05) is 11.4 Å². The molecule has 1 aromatic heterocycles. The quantitative estimate of drug-likeness (QED) is 0.529. The van der Waals surface area contributed by atoms with Crippen molar-refractivity contribution in [3.63, 3.8) is 0 Å². The van der Waals surface area contributed by atoms with Gasteiger partial charge in [-0.25, -0.2) is 4.98 Å². The number of anilines is 1. The van der Waals surface area contributed by atoms with Crippen LogP contribution in [0.4, 0.5) is 18.9 Å². The SMILES string of the molecule is Nc1ccc2oc(SCCOC(F)(F)F)nc2c1. The molecule has 0 spiro atoms. The Morgan fingerprint density at radius 1 is 1.39 bits per heavy atom. The minimum absolute atomic E-state index is 0.0990. The highest BCUT2D eigenvalue weighted by molar-refractivity contribution is 7.99. The molecule has 0 saturated carbocycles. The highest BCUT2D eigenvalue weighted by Gasteiger charge is 2.28. The standard InChI is InChI=1S/C10H9F3N2O2S/c11-10(12,13)16-3-4-18-9-15-7-5-6(14)1-2-8(7)17-9/h1-2,5H,3-4,14H2. The number of aromatic nitrogens is 1. The molecule has 0 bridgehead atoms. The van der Waals surface area contributed by atoms with Crippen LogP contribution in [0.2, 0.25) is 0 Å². The summed E-state index contributed by atoms with van der Waals surface area (Å²) in [5.41, 5.74) is 7.24. The Kier molecular flexibility index (Phi) is 3.67. The Labute approximate surface area is 104 Å². The van der Waals surface area contributed by atoms with Crippen molar-refractivity contribution in [1.82, 2.24) is 4.98 Å². The van der Waals surface area contributed by atoms with Crippen LogP contribution in [0.25, 0.3) is 11.1 Å². The third-order valence-corrected chi connectivity index (χ3v) is 2.76. The number of hydrogen-bond donors (Lipinski definition) is 1. The fourth-order valence-corrected chi connectivity index (χ4v) is 1.92. The van der Waals surface area contributed by atoms with E-state index >= 15 is 0 Å². The third-order valence-electron chi connectivity index (χ3n) is 1.97. The van der Waals surface area contributed by atoms with Crippen LogP contribution in [0.3, 0.4) is 0 Å². The molecule has 98 valence electrons. The van der Waals surface area contributed by atoms with Crippen LogP contribution in [-0.4, -0.2) is 23.7 Å². The van der Waals surface area contributed by atoms with E-state index in [1.54, 1.807) is 18.2 Å². The van der Waals surface area contributed by atoms with Gasteiger partial charge in [0.05, 0.1) is 6.61 Å². The molecule has 2 aromatic rings. The van der Waals surface area contributed by atoms with Gasteiger partial charge in [-0.15, -0.1) is 13.2 Å². The van der Waals surface area contributed by atoms with E-state index in [0.717, 1.165) is 11.8 Å². The second kappa shape index (κ2) is 5.07. The van der Waals surface area contributed by atoms with Gasteiger partial charge in [0.1, 0.15) is 5.52 Å². The average Bonchev–Trinajstić information content (AvgIpc) is 2.65. The van der Waals surface area contributed by atoms with Crippen molar-refractivity contribution >= 4 is 28.5 Å². The maximum atomic E-state index is 11.7. The van der Waals surface area contributed by atoms with E-state index < -0.39 is 13.0 Å². The van der Waals surface area contributed by atoms with Gasteiger partial charge in [-0.1, -0.05) is 11.8 Å². The van der Waals surface area contributed by atoms with Crippen molar-refractivity contribution < 1.29 is 22.3 Å². The fourth-order valence-electron chi connectivity index (χ4n) is 1.27. The number of nitrogens with zero attached hydrogens (tertiary/aromatic N) is 1. The molecule has 2 rings (SSSR count). The van der Waals surface area contributed by atoms with Gasteiger partial charge in [-0.05, 0) is 18.2 Å². The molecule has 0 unspecified atom stereocenters. The number of thioether (sulfide) groups is 1. The molecule has 0 aliphatic rings. The smallest absolute Gasteiger partial charge is 0.431 e. The molecule has 4 nitrogen and oxygen atoms in total. The topological polar surface area (TPSA) is 61.3 Å². The lowest BCUT2D eigenvalue weighted by molar-refractivity contribution is -0.322. The van der Waals surface area contributed by atoms with Gasteiger partial charge in [0.25, 0.3) is 5.22 Å². The number of rotatable bonds is 4. The van der Waals surface area contributed by atoms with E-state index in [0.29, 0.717) is 22.0 Å². The summed E-state index contributed by atoms with van der Waals surface area (Å²) in [6.45, 7) is -0.449. The van der Waals surface area contributed by atoms with Gasteiger partial charge in [-0.3, -0.25) is 4.74 Å². The summed E-state index contributed by atoms with van der Waals surface area (Å²) >= 11 is 1.05. The number of alkyl halides is 3. The third kappa shape index (κ3) is 3.54. The average molecular weight is 278 g/mol. The minimum Gasteiger partial charge on any atom is -0.431 e. The van der Waals surface area contributed by atoms with Crippen LogP contribution < -0.4 is 5.73 Å². The second-order valence-corrected chi connectivity index (χ2v) is 4.40. The van der Waals surface area contributed by atoms with Crippen molar-refractivity contribution in [3.05, 3.63) is 18.2 Å². The molecule has 0 radical (unpaired) electrons. The zero-order valence-corrected chi connectivity index (χ0v) is 9.85. The highest BCUT2D eigenvalue weighted by atomic mass is 32.2. The Morgan fingerprint density at radius 2 is 2.17 bits per heavy atom. The molecule has 8 heteroatoms. The molecule has 0 atom stereocenters. The monoisotopic (exact) mass is 278 g/mol. The van der Waals surface area contributed by atoms with E-state index in [1.165, 1.54) is 0 Å². The van der Waals surface area contributed by atoms with Gasteiger partial charge < -0.3 is 10.2 Å². The van der Waals surface area contributed by atoms with E-state index in [-0.39, 0.29) is 5.75 Å². The maximum absolute atomic E-state index is 11.7. The molecule has 1 heterocycles. The summed E-state index contributed by atoms with van der Waals surface area (Å²) in [7, 11) is 0. The number of hydrogen-bond acceptors (Lipinski definition) is 5. The van der Waals surface area contributed by atoms with Crippen LogP contribution in [0.5, 0.6) is 0 Å². The fraction of sp³-hybridized carbons (Fsp3) is 0.300. The number of benzene rings is 1. The predicted molar refractivity (Wildman–Crippen MR) is 61.2 cm³/mol. The van der Waals surface area contributed by atoms with E-state index in [9.17, 15) is 13.2 Å². The first kappa shape index (κ1) is 13.0. The maximum Gasteiger partial charge on any atom is 0.522 e. The summed E-state index contributed by atoms with van der Waals surface area (Å²) in [5.74, 6) is 0.0990. The van der Waals surface area contributed by atoms with Gasteiger partial charge >= 0.3 is 6.36 Å². The summed E-state index contributed by atoms with van der Waals surface area (Å²) < 4.78 is 44.1. The van der Waals surface area contributed by atoms with E-state index in [2.05, 4.69) is 9.72 Å². The number of fused-ring (bicyclic) bond motifs is 1. The van der Waals surface area contributed by atoms with Crippen molar-refractivity contribution in [2.24, 2.45) is 0 Å². The predicted octanol–water partition coefficient (Wildman–Crippen LogP) is 3.04. The van der Waals surface area contributed by atoms with Crippen LogP contribution in [-0.2, 0) is 4.74 Å². The largest absolute Gasteiger partial charge is 0.522 e. The lowest BCUT2D eigenvalue weighted by Gasteiger charge is -2.05. The number of nitrogens with two attached hydrogens (primary N) is 1. The summed E-state index contributed by atoms with van der Waals surface area (Å²) in [6.07, 6.45) is -4.60. The van der Waals surface area contributed by atoms with Crippen LogP contribution in [0.1, 0.15) is 0 Å². The van der Waals surface area contributed by atoms with Crippen molar-refractivity contribution in [2.75, 3.05) is 18.1 Å². The van der Waals surface area contributed by atoms with Gasteiger partial charge in [-0.2, -0.15) is 0 Å². The second-order valence-electron chi connectivity index (χ2n) is 3.35. The molecule has 0 aliphatic carbocycles. The molecule has 0 saturated heterocycles. The Morgan fingerprint density at radius 3 is 2.89 bits per heavy atom. The number of ether oxygens (including phenoxy) is 1. The summed E-state index contributed by atoms with van der Waals surface area (Å²) in [4.78, 5) is 4.09. The van der Waals surface area contributed by atoms with Crippen molar-refractivity contribution in [3.8, 4) is 0 Å². The molecular formula is C10H9F3N2O2S. The number of oxazole rings is 1.